The van der Waals surface area contributed by atoms with Crippen LogP contribution in [-0.4, -0.2) is 13.1 Å². The van der Waals surface area contributed by atoms with Gasteiger partial charge < -0.3 is 5.32 Å². The molecule has 112 valence electrons. The molecule has 0 radical (unpaired) electrons. The molecule has 0 saturated heterocycles. The first-order chi connectivity index (χ1) is 9.56. The molecule has 1 N–H and O–H groups in total. The molecule has 0 bridgehead atoms. The third-order valence-corrected chi connectivity index (χ3v) is 4.76. The van der Waals surface area contributed by atoms with E-state index in [1.807, 2.05) is 0 Å². The van der Waals surface area contributed by atoms with Gasteiger partial charge in [0.15, 0.2) is 0 Å². The summed E-state index contributed by atoms with van der Waals surface area (Å²) < 4.78 is 0. The Morgan fingerprint density at radius 2 is 1.90 bits per heavy atom. The monoisotopic (exact) mass is 273 g/mol. The van der Waals surface area contributed by atoms with Gasteiger partial charge in [-0.05, 0) is 75.1 Å². The van der Waals surface area contributed by atoms with Gasteiger partial charge in [-0.25, -0.2) is 0 Å². The van der Waals surface area contributed by atoms with Crippen LogP contribution in [-0.2, 0) is 6.42 Å². The van der Waals surface area contributed by atoms with Crippen molar-refractivity contribution in [3.63, 3.8) is 0 Å². The lowest BCUT2D eigenvalue weighted by Gasteiger charge is -2.22. The molecule has 1 aliphatic carbocycles. The van der Waals surface area contributed by atoms with Gasteiger partial charge >= 0.3 is 0 Å². The average molecular weight is 273 g/mol. The van der Waals surface area contributed by atoms with Crippen molar-refractivity contribution in [2.45, 2.75) is 53.4 Å². The summed E-state index contributed by atoms with van der Waals surface area (Å²) in [6.07, 6.45) is 5.53. The van der Waals surface area contributed by atoms with E-state index < -0.39 is 0 Å². The minimum absolute atomic E-state index is 0.758. The van der Waals surface area contributed by atoms with E-state index >= 15 is 0 Å². The van der Waals surface area contributed by atoms with Crippen LogP contribution in [0, 0.1) is 31.6 Å². The standard InChI is InChI=1S/C19H31N/c1-14(2)12-20-13-18-7-5-6-17(18)11-19-10-15(3)8-9-16(19)4/h8-10,14,17-18,20H,5-7,11-13H2,1-4H3. The highest BCUT2D eigenvalue weighted by molar-refractivity contribution is 5.31. The van der Waals surface area contributed by atoms with E-state index in [1.165, 1.54) is 43.4 Å². The van der Waals surface area contributed by atoms with Gasteiger partial charge in [-0.15, -0.1) is 0 Å². The van der Waals surface area contributed by atoms with Gasteiger partial charge in [0.05, 0.1) is 0 Å². The van der Waals surface area contributed by atoms with Crippen LogP contribution in [0.1, 0.15) is 49.8 Å². The summed E-state index contributed by atoms with van der Waals surface area (Å²) in [7, 11) is 0. The van der Waals surface area contributed by atoms with E-state index in [0.29, 0.717) is 0 Å². The molecular weight excluding hydrogens is 242 g/mol. The van der Waals surface area contributed by atoms with Crippen molar-refractivity contribution < 1.29 is 0 Å². The molecule has 0 spiro atoms. The Morgan fingerprint density at radius 3 is 2.65 bits per heavy atom. The van der Waals surface area contributed by atoms with Crippen molar-refractivity contribution in [1.82, 2.24) is 5.32 Å². The van der Waals surface area contributed by atoms with E-state index in [-0.39, 0.29) is 0 Å². The summed E-state index contributed by atoms with van der Waals surface area (Å²) in [6, 6.07) is 6.91. The summed E-state index contributed by atoms with van der Waals surface area (Å²) >= 11 is 0. The maximum absolute atomic E-state index is 3.67. The van der Waals surface area contributed by atoms with Crippen LogP contribution in [0.3, 0.4) is 0 Å². The van der Waals surface area contributed by atoms with Crippen molar-refractivity contribution in [2.75, 3.05) is 13.1 Å². The van der Waals surface area contributed by atoms with Crippen LogP contribution in [0.2, 0.25) is 0 Å². The fraction of sp³-hybridized carbons (Fsp3) is 0.684. The van der Waals surface area contributed by atoms with Crippen molar-refractivity contribution in [2.24, 2.45) is 17.8 Å². The SMILES string of the molecule is Cc1ccc(C)c(CC2CCCC2CNCC(C)C)c1. The topological polar surface area (TPSA) is 12.0 Å². The number of nitrogens with one attached hydrogen (secondary N) is 1. The first kappa shape index (κ1) is 15.6. The van der Waals surface area contributed by atoms with Crippen LogP contribution in [0.4, 0.5) is 0 Å². The van der Waals surface area contributed by atoms with Gasteiger partial charge in [0.25, 0.3) is 0 Å². The normalized spacial score (nSPS) is 22.6. The zero-order chi connectivity index (χ0) is 14.5. The molecule has 2 rings (SSSR count). The Kier molecular flexibility index (Phi) is 5.65. The number of rotatable bonds is 6. The second kappa shape index (κ2) is 7.26. The Bertz CT molecular complexity index is 422. The molecular formula is C19H31N. The van der Waals surface area contributed by atoms with E-state index in [9.17, 15) is 0 Å². The molecule has 1 heteroatoms. The Hall–Kier alpha value is -0.820. The van der Waals surface area contributed by atoms with E-state index in [0.717, 1.165) is 24.3 Å². The van der Waals surface area contributed by atoms with Crippen molar-refractivity contribution in [3.8, 4) is 0 Å². The quantitative estimate of drug-likeness (QED) is 0.804. The van der Waals surface area contributed by atoms with E-state index in [2.05, 4.69) is 51.2 Å². The van der Waals surface area contributed by atoms with Gasteiger partial charge in [-0.2, -0.15) is 0 Å². The lowest BCUT2D eigenvalue weighted by atomic mass is 9.87. The molecule has 0 heterocycles. The van der Waals surface area contributed by atoms with Gasteiger partial charge in [-0.1, -0.05) is 44.0 Å². The van der Waals surface area contributed by atoms with Crippen molar-refractivity contribution >= 4 is 0 Å². The van der Waals surface area contributed by atoms with Crippen LogP contribution < -0.4 is 5.32 Å². The van der Waals surface area contributed by atoms with Crippen LogP contribution in [0.25, 0.3) is 0 Å². The number of aryl methyl sites for hydroxylation is 2. The van der Waals surface area contributed by atoms with Gasteiger partial charge in [0.1, 0.15) is 0 Å². The minimum Gasteiger partial charge on any atom is -0.316 e. The zero-order valence-corrected chi connectivity index (χ0v) is 13.7. The molecule has 1 fully saturated rings. The van der Waals surface area contributed by atoms with E-state index in [1.54, 1.807) is 5.56 Å². The summed E-state index contributed by atoms with van der Waals surface area (Å²) in [5.74, 6) is 2.53. The second-order valence-electron chi connectivity index (χ2n) is 7.14. The zero-order valence-electron chi connectivity index (χ0n) is 13.7. The molecule has 2 unspecified atom stereocenters. The summed E-state index contributed by atoms with van der Waals surface area (Å²) in [6.45, 7) is 11.4. The lowest BCUT2D eigenvalue weighted by molar-refractivity contribution is 0.357. The molecule has 2 atom stereocenters. The summed E-state index contributed by atoms with van der Waals surface area (Å²) in [4.78, 5) is 0. The predicted octanol–water partition coefficient (Wildman–Crippen LogP) is 4.51. The first-order valence-corrected chi connectivity index (χ1v) is 8.33. The average Bonchev–Trinajstić information content (AvgIpc) is 2.81. The van der Waals surface area contributed by atoms with Crippen LogP contribution in [0.5, 0.6) is 0 Å². The Labute approximate surface area is 125 Å². The van der Waals surface area contributed by atoms with Crippen molar-refractivity contribution in [3.05, 3.63) is 34.9 Å². The number of benzene rings is 1. The predicted molar refractivity (Wildman–Crippen MR) is 88.2 cm³/mol. The highest BCUT2D eigenvalue weighted by Gasteiger charge is 2.27. The van der Waals surface area contributed by atoms with Gasteiger partial charge in [0.2, 0.25) is 0 Å². The molecule has 0 amide bonds. The largest absolute Gasteiger partial charge is 0.316 e. The fourth-order valence-corrected chi connectivity index (χ4v) is 3.51. The minimum atomic E-state index is 0.758. The third-order valence-electron chi connectivity index (χ3n) is 4.76. The molecule has 1 aliphatic rings. The molecule has 0 aromatic heterocycles. The number of hydrogen-bond acceptors (Lipinski definition) is 1. The third kappa shape index (κ3) is 4.34. The fourth-order valence-electron chi connectivity index (χ4n) is 3.51. The molecule has 0 aliphatic heterocycles. The smallest absolute Gasteiger partial charge is 0.00176 e. The summed E-state index contributed by atoms with van der Waals surface area (Å²) in [5, 5.41) is 3.67. The van der Waals surface area contributed by atoms with E-state index in [4.69, 9.17) is 0 Å². The molecule has 1 aromatic carbocycles. The first-order valence-electron chi connectivity index (χ1n) is 8.33. The van der Waals surface area contributed by atoms with Crippen LogP contribution in [0.15, 0.2) is 18.2 Å². The number of hydrogen-bond donors (Lipinski definition) is 1. The van der Waals surface area contributed by atoms with Gasteiger partial charge in [0, 0.05) is 0 Å². The second-order valence-corrected chi connectivity index (χ2v) is 7.14. The molecule has 1 saturated carbocycles. The maximum atomic E-state index is 3.67. The molecule has 20 heavy (non-hydrogen) atoms. The highest BCUT2D eigenvalue weighted by Crippen LogP contribution is 2.34. The van der Waals surface area contributed by atoms with Gasteiger partial charge in [-0.3, -0.25) is 0 Å². The Balaban J connectivity index is 1.92. The summed E-state index contributed by atoms with van der Waals surface area (Å²) in [5.41, 5.74) is 4.44. The Morgan fingerprint density at radius 1 is 1.15 bits per heavy atom. The molecule has 1 nitrogen and oxygen atoms in total. The van der Waals surface area contributed by atoms with Crippen molar-refractivity contribution in [1.29, 1.82) is 0 Å². The van der Waals surface area contributed by atoms with Crippen LogP contribution >= 0.6 is 0 Å². The molecule has 1 aromatic rings. The highest BCUT2D eigenvalue weighted by atomic mass is 14.9. The lowest BCUT2D eigenvalue weighted by Crippen LogP contribution is -2.29. The maximum Gasteiger partial charge on any atom is -0.00176 e.